The Labute approximate surface area is 115 Å². The van der Waals surface area contributed by atoms with Crippen LogP contribution in [0.1, 0.15) is 12.0 Å². The molecule has 1 aromatic carbocycles. The average Bonchev–Trinajstić information content (AvgIpc) is 2.37. The maximum Gasteiger partial charge on any atom is 0.238 e. The Morgan fingerprint density at radius 1 is 1.35 bits per heavy atom. The summed E-state index contributed by atoms with van der Waals surface area (Å²) in [6.07, 6.45) is 2.67. The molecule has 106 valence electrons. The van der Waals surface area contributed by atoms with Crippen LogP contribution in [0.4, 0.5) is 0 Å². The number of nitrogens with one attached hydrogen (secondary N) is 2. The molecule has 2 aromatic rings. The molecule has 8 heteroatoms. The number of nitrogens with zero attached hydrogens (tertiary/aromatic N) is 1. The van der Waals surface area contributed by atoms with Crippen molar-refractivity contribution in [2.45, 2.75) is 11.3 Å². The number of H-pyrrole nitrogens is 2. The minimum Gasteiger partial charge on any atom is -0.377 e. The maximum atomic E-state index is 11.8. The van der Waals surface area contributed by atoms with Crippen LogP contribution in [0.5, 0.6) is 0 Å². The fraction of sp³-hybridized carbons (Fsp3) is 0.250. The Morgan fingerprint density at radius 3 is 2.70 bits per heavy atom. The lowest BCUT2D eigenvalue weighted by Gasteiger charge is -2.19. The molecule has 0 aliphatic carbocycles. The summed E-state index contributed by atoms with van der Waals surface area (Å²) in [6, 6.07) is 5.03. The van der Waals surface area contributed by atoms with E-state index in [9.17, 15) is 8.42 Å². The van der Waals surface area contributed by atoms with Gasteiger partial charge in [0, 0.05) is 5.56 Å². The first-order valence-electron chi connectivity index (χ1n) is 6.09. The van der Waals surface area contributed by atoms with Crippen LogP contribution in [0.2, 0.25) is 0 Å². The first-order valence-corrected chi connectivity index (χ1v) is 7.64. The normalized spacial score (nSPS) is 16.1. The van der Waals surface area contributed by atoms with Crippen molar-refractivity contribution >= 4 is 15.6 Å². The summed E-state index contributed by atoms with van der Waals surface area (Å²) in [5.41, 5.74) is 2.35. The molecule has 1 aliphatic heterocycles. The maximum absolute atomic E-state index is 11.8. The number of nitrogens with two attached hydrogens (primary N) is 1. The van der Waals surface area contributed by atoms with Crippen molar-refractivity contribution in [1.29, 1.82) is 0 Å². The lowest BCUT2D eigenvalue weighted by Crippen LogP contribution is -2.16. The van der Waals surface area contributed by atoms with Gasteiger partial charge >= 0.3 is 0 Å². The van der Waals surface area contributed by atoms with Gasteiger partial charge in [-0.1, -0.05) is 18.2 Å². The molecule has 4 N–H and O–H groups in total. The molecular formula is C12H14N4O3S. The molecule has 3 rings (SSSR count). The predicted octanol–water partition coefficient (Wildman–Crippen LogP) is 0.856. The number of aromatic nitrogens is 3. The zero-order chi connectivity index (χ0) is 14.2. The summed E-state index contributed by atoms with van der Waals surface area (Å²) in [4.78, 5) is 0.0649. The van der Waals surface area contributed by atoms with Gasteiger partial charge in [0.15, 0.2) is 5.82 Å². The van der Waals surface area contributed by atoms with Gasteiger partial charge in [0.05, 0.1) is 18.1 Å². The molecule has 20 heavy (non-hydrogen) atoms. The number of rotatable bonds is 3. The minimum atomic E-state index is -3.82. The number of sulfonamides is 1. The second-order valence-corrected chi connectivity index (χ2v) is 6.01. The first kappa shape index (κ1) is 13.1. The van der Waals surface area contributed by atoms with Crippen molar-refractivity contribution in [3.63, 3.8) is 0 Å². The topological polar surface area (TPSA) is 114 Å². The summed E-state index contributed by atoms with van der Waals surface area (Å²) in [5, 5.41) is 14.5. The van der Waals surface area contributed by atoms with E-state index in [1.165, 1.54) is 6.07 Å². The fourth-order valence-corrected chi connectivity index (χ4v) is 3.04. The smallest absolute Gasteiger partial charge is 0.238 e. The first-order chi connectivity index (χ1) is 9.57. The highest BCUT2D eigenvalue weighted by molar-refractivity contribution is 7.89. The standard InChI is InChI=1S/C12H14N4O3S/c13-20(17,18)10-3-1-2-9(8-4-6-19-7-5-8)11(10)12-14-16-15-12/h1-4,16H,5-7H2,(H,14,15)(H2,13,17,18). The molecule has 0 spiro atoms. The molecule has 1 aliphatic rings. The average molecular weight is 294 g/mol. The lowest BCUT2D eigenvalue weighted by atomic mass is 9.96. The Bertz CT molecular complexity index is 748. The second kappa shape index (κ2) is 4.89. The van der Waals surface area contributed by atoms with E-state index in [0.29, 0.717) is 24.6 Å². The largest absolute Gasteiger partial charge is 0.377 e. The quantitative estimate of drug-likeness (QED) is 0.778. The summed E-state index contributed by atoms with van der Waals surface area (Å²) in [6.45, 7) is 1.13. The highest BCUT2D eigenvalue weighted by Gasteiger charge is 2.23. The molecule has 0 radical (unpaired) electrons. The van der Waals surface area contributed by atoms with E-state index in [4.69, 9.17) is 9.88 Å². The summed E-state index contributed by atoms with van der Waals surface area (Å²) < 4.78 is 28.8. The van der Waals surface area contributed by atoms with E-state index >= 15 is 0 Å². The van der Waals surface area contributed by atoms with Crippen LogP contribution < -0.4 is 5.14 Å². The molecule has 0 saturated heterocycles. The van der Waals surface area contributed by atoms with Crippen molar-refractivity contribution in [2.75, 3.05) is 13.2 Å². The molecule has 0 bridgehead atoms. The zero-order valence-electron chi connectivity index (χ0n) is 10.6. The number of hydrogen-bond donors (Lipinski definition) is 3. The number of primary sulfonamides is 1. The molecule has 0 saturated carbocycles. The van der Waals surface area contributed by atoms with Crippen LogP contribution in [0.15, 0.2) is 29.2 Å². The zero-order valence-corrected chi connectivity index (χ0v) is 11.4. The van der Waals surface area contributed by atoms with Crippen molar-refractivity contribution in [3.05, 3.63) is 29.8 Å². The van der Waals surface area contributed by atoms with E-state index in [1.54, 1.807) is 6.07 Å². The van der Waals surface area contributed by atoms with Gasteiger partial charge < -0.3 is 4.74 Å². The predicted molar refractivity (Wildman–Crippen MR) is 73.2 cm³/mol. The molecule has 0 fully saturated rings. The Morgan fingerprint density at radius 2 is 2.15 bits per heavy atom. The van der Waals surface area contributed by atoms with Crippen LogP contribution in [0.3, 0.4) is 0 Å². The van der Waals surface area contributed by atoms with Gasteiger partial charge in [-0.05, 0) is 23.6 Å². The van der Waals surface area contributed by atoms with E-state index in [-0.39, 0.29) is 4.90 Å². The van der Waals surface area contributed by atoms with Gasteiger partial charge in [0.25, 0.3) is 0 Å². The van der Waals surface area contributed by atoms with Gasteiger partial charge in [-0.2, -0.15) is 0 Å². The molecule has 2 heterocycles. The summed E-state index contributed by atoms with van der Waals surface area (Å²) in [5.74, 6) is 0.469. The molecule has 0 unspecified atom stereocenters. The number of benzene rings is 1. The van der Waals surface area contributed by atoms with E-state index < -0.39 is 10.0 Å². The van der Waals surface area contributed by atoms with Crippen LogP contribution in [-0.4, -0.2) is 37.0 Å². The minimum absolute atomic E-state index is 0.0649. The third-order valence-corrected chi connectivity index (χ3v) is 4.17. The van der Waals surface area contributed by atoms with Gasteiger partial charge in [-0.15, -0.1) is 5.10 Å². The van der Waals surface area contributed by atoms with Crippen LogP contribution in [0.25, 0.3) is 17.0 Å². The van der Waals surface area contributed by atoms with E-state index in [0.717, 1.165) is 17.6 Å². The highest BCUT2D eigenvalue weighted by atomic mass is 32.2. The van der Waals surface area contributed by atoms with Gasteiger partial charge in [0.1, 0.15) is 0 Å². The SMILES string of the molecule is NS(=O)(=O)c1cccc(C2=CCOCC2)c1-c1n[nH][nH]1. The molecule has 0 atom stereocenters. The van der Waals surface area contributed by atoms with Gasteiger partial charge in [0.2, 0.25) is 10.0 Å². The highest BCUT2D eigenvalue weighted by Crippen LogP contribution is 2.34. The van der Waals surface area contributed by atoms with Gasteiger partial charge in [-0.3, -0.25) is 5.10 Å². The third-order valence-electron chi connectivity index (χ3n) is 3.22. The van der Waals surface area contributed by atoms with Crippen molar-refractivity contribution in [1.82, 2.24) is 15.4 Å². The van der Waals surface area contributed by atoms with Crippen LogP contribution in [0, 0.1) is 0 Å². The van der Waals surface area contributed by atoms with Crippen LogP contribution >= 0.6 is 0 Å². The lowest BCUT2D eigenvalue weighted by molar-refractivity contribution is 0.161. The number of hydrogen-bond acceptors (Lipinski definition) is 4. The number of aromatic amines is 2. The summed E-state index contributed by atoms with van der Waals surface area (Å²) in [7, 11) is -3.82. The van der Waals surface area contributed by atoms with E-state index in [2.05, 4.69) is 15.4 Å². The fourth-order valence-electron chi connectivity index (χ4n) is 2.28. The molecule has 0 amide bonds. The van der Waals surface area contributed by atoms with Crippen molar-refractivity contribution < 1.29 is 13.2 Å². The van der Waals surface area contributed by atoms with Crippen LogP contribution in [-0.2, 0) is 14.8 Å². The molecule has 1 aromatic heterocycles. The number of ether oxygens (including phenoxy) is 1. The molecule has 7 nitrogen and oxygen atoms in total. The Hall–Kier alpha value is -1.90. The van der Waals surface area contributed by atoms with Crippen molar-refractivity contribution in [3.8, 4) is 11.4 Å². The van der Waals surface area contributed by atoms with E-state index in [1.807, 2.05) is 12.1 Å². The monoisotopic (exact) mass is 294 g/mol. The molecular weight excluding hydrogens is 280 g/mol. The van der Waals surface area contributed by atoms with Gasteiger partial charge in [-0.25, -0.2) is 18.8 Å². The second-order valence-electron chi connectivity index (χ2n) is 4.48. The summed E-state index contributed by atoms with van der Waals surface area (Å²) >= 11 is 0. The third kappa shape index (κ3) is 2.28. The Balaban J connectivity index is 2.24. The van der Waals surface area contributed by atoms with Crippen molar-refractivity contribution in [2.24, 2.45) is 5.14 Å². The Kier molecular flexibility index (Phi) is 3.20.